The monoisotopic (exact) mass is 407 g/mol. The van der Waals surface area contributed by atoms with Gasteiger partial charge in [-0.3, -0.25) is 14.4 Å². The van der Waals surface area contributed by atoms with E-state index in [0.29, 0.717) is 18.7 Å². The molecule has 1 heterocycles. The van der Waals surface area contributed by atoms with Crippen LogP contribution in [0.5, 0.6) is 0 Å². The Bertz CT molecular complexity index is 911. The van der Waals surface area contributed by atoms with Crippen LogP contribution in [-0.2, 0) is 16.6 Å². The highest BCUT2D eigenvalue weighted by molar-refractivity contribution is 7.92. The predicted octanol–water partition coefficient (Wildman–Crippen LogP) is 2.67. The molecule has 0 aromatic heterocycles. The van der Waals surface area contributed by atoms with Gasteiger partial charge in [0, 0.05) is 38.3 Å². The zero-order chi connectivity index (χ0) is 19.4. The summed E-state index contributed by atoms with van der Waals surface area (Å²) in [4.78, 5) is 16.9. The van der Waals surface area contributed by atoms with Gasteiger partial charge in [-0.15, -0.1) is 0 Å². The fourth-order valence-electron chi connectivity index (χ4n) is 3.06. The summed E-state index contributed by atoms with van der Waals surface area (Å²) in [5.41, 5.74) is 1.98. The normalized spacial score (nSPS) is 15.6. The fourth-order valence-corrected chi connectivity index (χ4v) is 3.93. The molecule has 0 unspecified atom stereocenters. The molecule has 0 bridgehead atoms. The van der Waals surface area contributed by atoms with E-state index in [-0.39, 0.29) is 16.6 Å². The van der Waals surface area contributed by atoms with E-state index in [1.165, 1.54) is 17.7 Å². The smallest absolute Gasteiger partial charge is 0.253 e. The Kier molecular flexibility index (Phi) is 6.04. The van der Waals surface area contributed by atoms with Crippen LogP contribution in [0.25, 0.3) is 0 Å². The van der Waals surface area contributed by atoms with Gasteiger partial charge in [-0.25, -0.2) is 8.42 Å². The van der Waals surface area contributed by atoms with Crippen molar-refractivity contribution in [1.29, 1.82) is 0 Å². The van der Waals surface area contributed by atoms with Gasteiger partial charge in [0.2, 0.25) is 10.0 Å². The second kappa shape index (κ2) is 8.29. The number of amides is 1. The van der Waals surface area contributed by atoms with Crippen LogP contribution in [0.15, 0.2) is 48.5 Å². The lowest BCUT2D eigenvalue weighted by Gasteiger charge is -2.34. The molecule has 0 atom stereocenters. The average molecular weight is 408 g/mol. The van der Waals surface area contributed by atoms with Crippen molar-refractivity contribution >= 4 is 33.2 Å². The van der Waals surface area contributed by atoms with Gasteiger partial charge in [-0.05, 0) is 23.8 Å². The van der Waals surface area contributed by atoms with E-state index in [2.05, 4.69) is 21.8 Å². The minimum Gasteiger partial charge on any atom is -0.336 e. The molecule has 6 nitrogen and oxygen atoms in total. The van der Waals surface area contributed by atoms with Crippen LogP contribution in [0.3, 0.4) is 0 Å². The topological polar surface area (TPSA) is 69.7 Å². The van der Waals surface area contributed by atoms with Crippen LogP contribution in [0.4, 0.5) is 5.69 Å². The van der Waals surface area contributed by atoms with Crippen LogP contribution >= 0.6 is 11.6 Å². The lowest BCUT2D eigenvalue weighted by Crippen LogP contribution is -2.48. The first-order valence-electron chi connectivity index (χ1n) is 8.65. The van der Waals surface area contributed by atoms with Gasteiger partial charge in [0.25, 0.3) is 5.91 Å². The minimum absolute atomic E-state index is 0.0952. The summed E-state index contributed by atoms with van der Waals surface area (Å²) in [6.07, 6.45) is 1.05. The number of hydrogen-bond acceptors (Lipinski definition) is 4. The summed E-state index contributed by atoms with van der Waals surface area (Å²) in [5, 5.41) is 0.203. The number of benzene rings is 2. The summed E-state index contributed by atoms with van der Waals surface area (Å²) in [5.74, 6) is -0.0952. The number of nitrogens with one attached hydrogen (secondary N) is 1. The van der Waals surface area contributed by atoms with Crippen molar-refractivity contribution < 1.29 is 13.2 Å². The second-order valence-electron chi connectivity index (χ2n) is 6.62. The number of nitrogens with zero attached hydrogens (tertiary/aromatic N) is 2. The zero-order valence-electron chi connectivity index (χ0n) is 15.1. The molecule has 0 saturated carbocycles. The first-order valence-corrected chi connectivity index (χ1v) is 10.9. The van der Waals surface area contributed by atoms with E-state index in [1.807, 2.05) is 18.2 Å². The van der Waals surface area contributed by atoms with Gasteiger partial charge in [0.05, 0.1) is 17.0 Å². The number of sulfonamides is 1. The van der Waals surface area contributed by atoms with Crippen molar-refractivity contribution in [3.8, 4) is 0 Å². The summed E-state index contributed by atoms with van der Waals surface area (Å²) in [6.45, 7) is 3.78. The second-order valence-corrected chi connectivity index (χ2v) is 8.78. The van der Waals surface area contributed by atoms with Gasteiger partial charge in [-0.1, -0.05) is 41.9 Å². The van der Waals surface area contributed by atoms with E-state index in [4.69, 9.17) is 11.6 Å². The lowest BCUT2D eigenvalue weighted by molar-refractivity contribution is 0.0628. The maximum Gasteiger partial charge on any atom is 0.253 e. The van der Waals surface area contributed by atoms with Crippen LogP contribution < -0.4 is 4.72 Å². The molecule has 1 amide bonds. The Hall–Kier alpha value is -2.09. The number of rotatable bonds is 5. The predicted molar refractivity (Wildman–Crippen MR) is 108 cm³/mol. The summed E-state index contributed by atoms with van der Waals surface area (Å²) >= 11 is 6.13. The van der Waals surface area contributed by atoms with Crippen LogP contribution in [0.1, 0.15) is 15.9 Å². The number of halogens is 1. The van der Waals surface area contributed by atoms with Crippen molar-refractivity contribution in [3.05, 3.63) is 64.7 Å². The summed E-state index contributed by atoms with van der Waals surface area (Å²) in [7, 11) is -3.42. The molecule has 144 valence electrons. The molecule has 0 spiro atoms. The molecule has 1 aliphatic rings. The molecule has 1 aliphatic heterocycles. The van der Waals surface area contributed by atoms with E-state index in [0.717, 1.165) is 25.9 Å². The SMILES string of the molecule is CS(=O)(=O)Nc1ccc(C(=O)N2CCN(Cc3ccccc3)CC2)cc1Cl. The van der Waals surface area contributed by atoms with Gasteiger partial charge >= 0.3 is 0 Å². The third kappa shape index (κ3) is 5.45. The minimum atomic E-state index is -3.42. The quantitative estimate of drug-likeness (QED) is 0.827. The van der Waals surface area contributed by atoms with E-state index in [1.54, 1.807) is 11.0 Å². The van der Waals surface area contributed by atoms with Crippen molar-refractivity contribution in [2.24, 2.45) is 0 Å². The molecule has 8 heteroatoms. The van der Waals surface area contributed by atoms with Gasteiger partial charge < -0.3 is 4.90 Å². The molecule has 1 fully saturated rings. The van der Waals surface area contributed by atoms with Crippen LogP contribution in [0.2, 0.25) is 5.02 Å². The maximum atomic E-state index is 12.7. The molecule has 1 N–H and O–H groups in total. The average Bonchev–Trinajstić information content (AvgIpc) is 2.63. The summed E-state index contributed by atoms with van der Waals surface area (Å²) in [6, 6.07) is 14.9. The zero-order valence-corrected chi connectivity index (χ0v) is 16.6. The number of carbonyl (C=O) groups excluding carboxylic acids is 1. The molecule has 1 saturated heterocycles. The molecular formula is C19H22ClN3O3S. The van der Waals surface area contributed by atoms with Crippen molar-refractivity contribution in [2.75, 3.05) is 37.2 Å². The Labute approximate surface area is 164 Å². The molecule has 0 aliphatic carbocycles. The molecule has 2 aromatic rings. The number of anilines is 1. The van der Waals surface area contributed by atoms with Gasteiger partial charge in [0.15, 0.2) is 0 Å². The van der Waals surface area contributed by atoms with E-state index < -0.39 is 10.0 Å². The van der Waals surface area contributed by atoms with Crippen molar-refractivity contribution in [2.45, 2.75) is 6.54 Å². The highest BCUT2D eigenvalue weighted by atomic mass is 35.5. The third-order valence-corrected chi connectivity index (χ3v) is 5.32. The van der Waals surface area contributed by atoms with Crippen LogP contribution in [-0.4, -0.2) is 56.6 Å². The first kappa shape index (κ1) is 19.7. The van der Waals surface area contributed by atoms with Gasteiger partial charge in [-0.2, -0.15) is 0 Å². The highest BCUT2D eigenvalue weighted by Gasteiger charge is 2.22. The Balaban J connectivity index is 1.60. The Morgan fingerprint density at radius 3 is 2.33 bits per heavy atom. The van der Waals surface area contributed by atoms with Crippen molar-refractivity contribution in [1.82, 2.24) is 9.80 Å². The molecule has 0 radical (unpaired) electrons. The first-order chi connectivity index (χ1) is 12.8. The largest absolute Gasteiger partial charge is 0.336 e. The number of hydrogen-bond donors (Lipinski definition) is 1. The standard InChI is InChI=1S/C19H22ClN3O3S/c1-27(25,26)21-18-8-7-16(13-17(18)20)19(24)23-11-9-22(10-12-23)14-15-5-3-2-4-6-15/h2-8,13,21H,9-12,14H2,1H3. The summed E-state index contributed by atoms with van der Waals surface area (Å²) < 4.78 is 25.0. The lowest BCUT2D eigenvalue weighted by atomic mass is 10.1. The number of piperazine rings is 1. The molecular weight excluding hydrogens is 386 g/mol. The molecule has 2 aromatic carbocycles. The Morgan fingerprint density at radius 1 is 1.07 bits per heavy atom. The van der Waals surface area contributed by atoms with E-state index in [9.17, 15) is 13.2 Å². The highest BCUT2D eigenvalue weighted by Crippen LogP contribution is 2.25. The van der Waals surface area contributed by atoms with E-state index >= 15 is 0 Å². The van der Waals surface area contributed by atoms with Crippen LogP contribution in [0, 0.1) is 0 Å². The number of carbonyl (C=O) groups is 1. The fraction of sp³-hybridized carbons (Fsp3) is 0.316. The van der Waals surface area contributed by atoms with Crippen molar-refractivity contribution in [3.63, 3.8) is 0 Å². The Morgan fingerprint density at radius 2 is 1.74 bits per heavy atom. The third-order valence-electron chi connectivity index (χ3n) is 4.42. The molecule has 3 rings (SSSR count). The molecule has 27 heavy (non-hydrogen) atoms. The van der Waals surface area contributed by atoms with Gasteiger partial charge in [0.1, 0.15) is 0 Å². The maximum absolute atomic E-state index is 12.7.